The molecule has 1 aliphatic carbocycles. The molecule has 1 aromatic carbocycles. The molecular formula is C14H20ClNO. The first kappa shape index (κ1) is 12.7. The van der Waals surface area contributed by atoms with Gasteiger partial charge >= 0.3 is 0 Å². The van der Waals surface area contributed by atoms with Crippen molar-refractivity contribution in [3.05, 3.63) is 27.8 Å². The van der Waals surface area contributed by atoms with Gasteiger partial charge in [0.15, 0.2) is 0 Å². The predicted octanol–water partition coefficient (Wildman–Crippen LogP) is 3.69. The van der Waals surface area contributed by atoms with Crippen molar-refractivity contribution >= 4 is 11.6 Å². The van der Waals surface area contributed by atoms with E-state index in [0.717, 1.165) is 29.7 Å². The fourth-order valence-electron chi connectivity index (χ4n) is 2.70. The molecule has 1 saturated carbocycles. The topological polar surface area (TPSA) is 35.2 Å². The number of halogens is 1. The molecule has 0 aliphatic heterocycles. The third-order valence-corrected chi connectivity index (χ3v) is 4.42. The summed E-state index contributed by atoms with van der Waals surface area (Å²) in [6.45, 7) is 4.09. The summed E-state index contributed by atoms with van der Waals surface area (Å²) in [4.78, 5) is 0. The van der Waals surface area contributed by atoms with E-state index in [1.54, 1.807) is 7.11 Å². The summed E-state index contributed by atoms with van der Waals surface area (Å²) < 4.78 is 5.48. The van der Waals surface area contributed by atoms with E-state index in [1.165, 1.54) is 18.4 Å². The van der Waals surface area contributed by atoms with Crippen LogP contribution in [0.2, 0.25) is 5.02 Å². The average Bonchev–Trinajstić information content (AvgIpc) is 2.74. The van der Waals surface area contributed by atoms with Gasteiger partial charge in [-0.3, -0.25) is 0 Å². The quantitative estimate of drug-likeness (QED) is 0.872. The minimum atomic E-state index is -0.257. The summed E-state index contributed by atoms with van der Waals surface area (Å²) in [7, 11) is 1.66. The minimum Gasteiger partial charge on any atom is -0.495 e. The van der Waals surface area contributed by atoms with Gasteiger partial charge in [0.05, 0.1) is 12.1 Å². The van der Waals surface area contributed by atoms with E-state index in [0.29, 0.717) is 5.02 Å². The molecule has 2 rings (SSSR count). The molecule has 0 aromatic heterocycles. The van der Waals surface area contributed by atoms with Crippen molar-refractivity contribution in [2.24, 2.45) is 5.73 Å². The molecule has 2 nitrogen and oxygen atoms in total. The Morgan fingerprint density at radius 1 is 1.29 bits per heavy atom. The van der Waals surface area contributed by atoms with Gasteiger partial charge in [-0.2, -0.15) is 0 Å². The monoisotopic (exact) mass is 253 g/mol. The molecule has 0 unspecified atom stereocenters. The fraction of sp³-hybridized carbons (Fsp3) is 0.571. The zero-order valence-electron chi connectivity index (χ0n) is 10.8. The van der Waals surface area contributed by atoms with E-state index < -0.39 is 0 Å². The molecule has 0 amide bonds. The highest BCUT2D eigenvalue weighted by molar-refractivity contribution is 6.33. The van der Waals surface area contributed by atoms with Gasteiger partial charge in [0.2, 0.25) is 0 Å². The molecule has 0 heterocycles. The lowest BCUT2D eigenvalue weighted by molar-refractivity contribution is 0.379. The Hall–Kier alpha value is -0.730. The smallest absolute Gasteiger partial charge is 0.142 e. The van der Waals surface area contributed by atoms with E-state index in [-0.39, 0.29) is 5.54 Å². The second-order valence-corrected chi connectivity index (χ2v) is 5.45. The lowest BCUT2D eigenvalue weighted by Gasteiger charge is -2.28. The van der Waals surface area contributed by atoms with Gasteiger partial charge in [-0.15, -0.1) is 0 Å². The summed E-state index contributed by atoms with van der Waals surface area (Å²) in [6, 6.07) is 2.14. The Morgan fingerprint density at radius 3 is 2.41 bits per heavy atom. The second-order valence-electron chi connectivity index (χ2n) is 5.08. The minimum absolute atomic E-state index is 0.257. The highest BCUT2D eigenvalue weighted by Crippen LogP contribution is 2.44. The summed E-state index contributed by atoms with van der Waals surface area (Å²) in [5, 5.41) is 0.708. The van der Waals surface area contributed by atoms with Gasteiger partial charge in [-0.1, -0.05) is 30.5 Å². The van der Waals surface area contributed by atoms with Gasteiger partial charge < -0.3 is 10.5 Å². The van der Waals surface area contributed by atoms with Crippen LogP contribution in [-0.4, -0.2) is 7.11 Å². The average molecular weight is 254 g/mol. The standard InChI is InChI=1S/C14H20ClNO/c1-9-8-11(14(16)6-4-5-7-14)13(17-3)12(15)10(9)2/h8H,4-7,16H2,1-3H3. The number of methoxy groups -OCH3 is 1. The third-order valence-electron chi connectivity index (χ3n) is 3.96. The molecule has 3 heteroatoms. The number of nitrogens with two attached hydrogens (primary N) is 1. The first-order chi connectivity index (χ1) is 7.99. The Morgan fingerprint density at radius 2 is 1.88 bits per heavy atom. The van der Waals surface area contributed by atoms with Gasteiger partial charge in [-0.25, -0.2) is 0 Å². The van der Waals surface area contributed by atoms with Crippen LogP contribution < -0.4 is 10.5 Å². The molecule has 0 atom stereocenters. The molecule has 17 heavy (non-hydrogen) atoms. The van der Waals surface area contributed by atoms with Gasteiger partial charge in [0.1, 0.15) is 5.75 Å². The van der Waals surface area contributed by atoms with E-state index in [9.17, 15) is 0 Å². The third kappa shape index (κ3) is 2.04. The highest BCUT2D eigenvalue weighted by atomic mass is 35.5. The first-order valence-corrected chi connectivity index (χ1v) is 6.50. The Balaban J connectivity index is 2.60. The fourth-order valence-corrected chi connectivity index (χ4v) is 3.02. The van der Waals surface area contributed by atoms with Crippen molar-refractivity contribution in [2.45, 2.75) is 45.1 Å². The molecule has 2 N–H and O–H groups in total. The van der Waals surface area contributed by atoms with E-state index in [1.807, 2.05) is 6.92 Å². The van der Waals surface area contributed by atoms with Crippen LogP contribution in [0.5, 0.6) is 5.75 Å². The maximum Gasteiger partial charge on any atom is 0.142 e. The van der Waals surface area contributed by atoms with Crippen LogP contribution in [0.1, 0.15) is 42.4 Å². The zero-order valence-corrected chi connectivity index (χ0v) is 11.5. The Labute approximate surface area is 108 Å². The van der Waals surface area contributed by atoms with Crippen molar-refractivity contribution in [2.75, 3.05) is 7.11 Å². The number of hydrogen-bond donors (Lipinski definition) is 1. The molecule has 0 radical (unpaired) electrons. The van der Waals surface area contributed by atoms with Crippen molar-refractivity contribution in [3.63, 3.8) is 0 Å². The SMILES string of the molecule is COc1c(C2(N)CCCC2)cc(C)c(C)c1Cl. The molecule has 0 spiro atoms. The lowest BCUT2D eigenvalue weighted by Crippen LogP contribution is -2.33. The molecular weight excluding hydrogens is 234 g/mol. The predicted molar refractivity (Wildman–Crippen MR) is 71.8 cm³/mol. The molecule has 94 valence electrons. The normalized spacial score (nSPS) is 18.4. The summed E-state index contributed by atoms with van der Waals surface area (Å²) in [6.07, 6.45) is 4.40. The summed E-state index contributed by atoms with van der Waals surface area (Å²) in [5.74, 6) is 0.763. The number of ether oxygens (including phenoxy) is 1. The van der Waals surface area contributed by atoms with Crippen molar-refractivity contribution in [1.29, 1.82) is 0 Å². The van der Waals surface area contributed by atoms with Crippen LogP contribution in [-0.2, 0) is 5.54 Å². The van der Waals surface area contributed by atoms with Crippen molar-refractivity contribution in [3.8, 4) is 5.75 Å². The molecule has 1 aliphatic rings. The molecule has 1 fully saturated rings. The molecule has 1 aromatic rings. The lowest BCUT2D eigenvalue weighted by atomic mass is 9.86. The Kier molecular flexibility index (Phi) is 3.37. The maximum atomic E-state index is 6.51. The van der Waals surface area contributed by atoms with Crippen LogP contribution in [0.4, 0.5) is 0 Å². The van der Waals surface area contributed by atoms with Crippen LogP contribution >= 0.6 is 11.6 Å². The van der Waals surface area contributed by atoms with E-state index >= 15 is 0 Å². The van der Waals surface area contributed by atoms with Gasteiger partial charge in [-0.05, 0) is 37.8 Å². The van der Waals surface area contributed by atoms with Crippen LogP contribution in [0.25, 0.3) is 0 Å². The van der Waals surface area contributed by atoms with Crippen molar-refractivity contribution < 1.29 is 4.74 Å². The second kappa shape index (κ2) is 4.51. The molecule has 0 saturated heterocycles. The summed E-state index contributed by atoms with van der Waals surface area (Å²) in [5.41, 5.74) is 9.58. The van der Waals surface area contributed by atoms with Crippen LogP contribution in [0, 0.1) is 13.8 Å². The number of aryl methyl sites for hydroxylation is 1. The highest BCUT2D eigenvalue weighted by Gasteiger charge is 2.35. The number of benzene rings is 1. The summed E-state index contributed by atoms with van der Waals surface area (Å²) >= 11 is 6.36. The van der Waals surface area contributed by atoms with Crippen molar-refractivity contribution in [1.82, 2.24) is 0 Å². The zero-order chi connectivity index (χ0) is 12.6. The largest absolute Gasteiger partial charge is 0.495 e. The van der Waals surface area contributed by atoms with Gasteiger partial charge in [0.25, 0.3) is 0 Å². The number of hydrogen-bond acceptors (Lipinski definition) is 2. The van der Waals surface area contributed by atoms with Gasteiger partial charge in [0, 0.05) is 11.1 Å². The number of rotatable bonds is 2. The first-order valence-electron chi connectivity index (χ1n) is 6.12. The molecule has 0 bridgehead atoms. The Bertz CT molecular complexity index is 436. The van der Waals surface area contributed by atoms with E-state index in [4.69, 9.17) is 22.1 Å². The van der Waals surface area contributed by atoms with E-state index in [2.05, 4.69) is 13.0 Å². The maximum absolute atomic E-state index is 6.51. The van der Waals surface area contributed by atoms with Crippen LogP contribution in [0.15, 0.2) is 6.07 Å². The van der Waals surface area contributed by atoms with Crippen LogP contribution in [0.3, 0.4) is 0 Å².